The number of carbonyl (C=O) groups is 2. The van der Waals surface area contributed by atoms with Crippen molar-refractivity contribution in [3.05, 3.63) is 76.7 Å². The number of rotatable bonds is 9. The first-order valence-electron chi connectivity index (χ1n) is 13.5. The topological polar surface area (TPSA) is 110 Å². The number of anilines is 1. The molecule has 0 saturated carbocycles. The van der Waals surface area contributed by atoms with Gasteiger partial charge in [0.15, 0.2) is 0 Å². The Hall–Kier alpha value is -4.52. The molecule has 0 radical (unpaired) electrons. The van der Waals surface area contributed by atoms with E-state index in [-0.39, 0.29) is 29.3 Å². The summed E-state index contributed by atoms with van der Waals surface area (Å²) >= 11 is 0. The molecule has 0 atom stereocenters. The van der Waals surface area contributed by atoms with Crippen LogP contribution in [0, 0.1) is 13.8 Å². The fourth-order valence-electron chi connectivity index (χ4n) is 4.91. The highest BCUT2D eigenvalue weighted by atomic mass is 19.4. The first-order valence-corrected chi connectivity index (χ1v) is 13.5. The Bertz CT molecular complexity index is 1630. The summed E-state index contributed by atoms with van der Waals surface area (Å²) in [5.74, 6) is -0.492. The molecule has 13 heteroatoms. The lowest BCUT2D eigenvalue weighted by Crippen LogP contribution is -2.33. The fraction of sp³-hybridized carbons (Fsp3) is 0.345. The fourth-order valence-corrected chi connectivity index (χ4v) is 4.91. The van der Waals surface area contributed by atoms with Gasteiger partial charge in [-0.05, 0) is 55.7 Å². The maximum absolute atomic E-state index is 13.9. The summed E-state index contributed by atoms with van der Waals surface area (Å²) in [4.78, 5) is 26.5. The minimum absolute atomic E-state index is 0.0229. The lowest BCUT2D eigenvalue weighted by atomic mass is 10.1. The van der Waals surface area contributed by atoms with E-state index in [0.29, 0.717) is 37.4 Å². The first kappa shape index (κ1) is 29.0. The van der Waals surface area contributed by atoms with E-state index in [1.165, 1.54) is 12.1 Å². The number of carbonyl (C=O) groups excluding carboxylic acids is 2. The van der Waals surface area contributed by atoms with E-state index in [0.717, 1.165) is 29.3 Å². The minimum atomic E-state index is -4.61. The van der Waals surface area contributed by atoms with Gasteiger partial charge < -0.3 is 15.5 Å². The highest BCUT2D eigenvalue weighted by Crippen LogP contribution is 2.34. The molecule has 0 aliphatic carbocycles. The molecule has 2 aromatic heterocycles. The molecule has 220 valence electrons. The summed E-state index contributed by atoms with van der Waals surface area (Å²) in [7, 11) is 1.83. The standard InChI is InChI=1S/C29H31F3N8O2/c1-18-6-7-20(13-26(18)40-17-25(36-37-40)23-16-34-38(3)19(23)2)28(42)35-22-9-8-21(24(14-22)29(30,31)32)15-33-10-12-39-11-4-5-27(39)41/h6-9,13-14,16-17,33H,4-5,10-12,15H2,1-3H3,(H,35,42). The van der Waals surface area contributed by atoms with Gasteiger partial charge in [-0.2, -0.15) is 18.3 Å². The summed E-state index contributed by atoms with van der Waals surface area (Å²) in [5.41, 5.74) is 3.30. The maximum Gasteiger partial charge on any atom is 0.416 e. The lowest BCUT2D eigenvalue weighted by Gasteiger charge is -2.18. The van der Waals surface area contributed by atoms with Crippen LogP contribution in [0.25, 0.3) is 16.9 Å². The zero-order valence-corrected chi connectivity index (χ0v) is 23.5. The number of hydrogen-bond donors (Lipinski definition) is 2. The van der Waals surface area contributed by atoms with Crippen molar-refractivity contribution in [1.82, 2.24) is 35.0 Å². The van der Waals surface area contributed by atoms with Gasteiger partial charge in [0.2, 0.25) is 5.91 Å². The summed E-state index contributed by atoms with van der Waals surface area (Å²) in [6.45, 7) is 5.27. The molecule has 3 heterocycles. The van der Waals surface area contributed by atoms with E-state index in [1.807, 2.05) is 20.9 Å². The number of nitrogens with zero attached hydrogens (tertiary/aromatic N) is 6. The van der Waals surface area contributed by atoms with E-state index >= 15 is 0 Å². The van der Waals surface area contributed by atoms with Gasteiger partial charge in [-0.25, -0.2) is 4.68 Å². The minimum Gasteiger partial charge on any atom is -0.341 e. The Kier molecular flexibility index (Phi) is 8.12. The molecule has 2 amide bonds. The zero-order chi connectivity index (χ0) is 30.0. The van der Waals surface area contributed by atoms with Crippen LogP contribution in [0.1, 0.15) is 45.6 Å². The Morgan fingerprint density at radius 1 is 1.12 bits per heavy atom. The van der Waals surface area contributed by atoms with Crippen LogP contribution in [-0.4, -0.2) is 61.1 Å². The molecule has 2 aromatic carbocycles. The van der Waals surface area contributed by atoms with Crippen LogP contribution < -0.4 is 10.6 Å². The normalized spacial score (nSPS) is 13.7. The van der Waals surface area contributed by atoms with Gasteiger partial charge >= 0.3 is 6.18 Å². The second-order valence-corrected chi connectivity index (χ2v) is 10.3. The zero-order valence-electron chi connectivity index (χ0n) is 23.5. The van der Waals surface area contributed by atoms with Crippen molar-refractivity contribution in [2.24, 2.45) is 7.05 Å². The van der Waals surface area contributed by atoms with Crippen molar-refractivity contribution >= 4 is 17.5 Å². The monoisotopic (exact) mass is 580 g/mol. The van der Waals surface area contributed by atoms with Gasteiger partial charge in [0.05, 0.1) is 23.6 Å². The van der Waals surface area contributed by atoms with Gasteiger partial charge in [0.25, 0.3) is 5.91 Å². The quantitative estimate of drug-likeness (QED) is 0.286. The number of aromatic nitrogens is 5. The van der Waals surface area contributed by atoms with E-state index < -0.39 is 17.6 Å². The van der Waals surface area contributed by atoms with E-state index in [9.17, 15) is 22.8 Å². The number of benzene rings is 2. The van der Waals surface area contributed by atoms with Gasteiger partial charge in [0.1, 0.15) is 5.69 Å². The predicted octanol–water partition coefficient (Wildman–Crippen LogP) is 4.27. The number of halogens is 3. The lowest BCUT2D eigenvalue weighted by molar-refractivity contribution is -0.138. The summed E-state index contributed by atoms with van der Waals surface area (Å²) < 4.78 is 45.0. The summed E-state index contributed by atoms with van der Waals surface area (Å²) in [5, 5.41) is 18.3. The van der Waals surface area contributed by atoms with E-state index in [1.54, 1.807) is 44.9 Å². The molecule has 42 heavy (non-hydrogen) atoms. The largest absolute Gasteiger partial charge is 0.416 e. The average Bonchev–Trinajstić information content (AvgIpc) is 3.68. The molecular weight excluding hydrogens is 549 g/mol. The third kappa shape index (κ3) is 6.20. The second-order valence-electron chi connectivity index (χ2n) is 10.3. The molecule has 4 aromatic rings. The maximum atomic E-state index is 13.9. The van der Waals surface area contributed by atoms with Crippen LogP contribution in [0.3, 0.4) is 0 Å². The predicted molar refractivity (Wildman–Crippen MR) is 150 cm³/mol. The van der Waals surface area contributed by atoms with E-state index in [4.69, 9.17) is 0 Å². The van der Waals surface area contributed by atoms with Crippen molar-refractivity contribution in [2.75, 3.05) is 25.0 Å². The molecular formula is C29H31F3N8O2. The van der Waals surface area contributed by atoms with Crippen LogP contribution in [0.15, 0.2) is 48.8 Å². The SMILES string of the molecule is Cc1ccc(C(=O)Nc2ccc(CNCCN3CCCC3=O)c(C(F)(F)F)c2)cc1-n1cc(-c2cnn(C)c2C)nn1. The smallest absolute Gasteiger partial charge is 0.341 e. The van der Waals surface area contributed by atoms with Crippen LogP contribution in [0.4, 0.5) is 18.9 Å². The Morgan fingerprint density at radius 2 is 1.93 bits per heavy atom. The summed E-state index contributed by atoms with van der Waals surface area (Å²) in [6.07, 6.45) is 0.147. The van der Waals surface area contributed by atoms with Crippen molar-refractivity contribution in [3.63, 3.8) is 0 Å². The van der Waals surface area contributed by atoms with Crippen molar-refractivity contribution < 1.29 is 22.8 Å². The number of aryl methyl sites for hydroxylation is 2. The van der Waals surface area contributed by atoms with Gasteiger partial charge in [0, 0.05) is 62.2 Å². The number of alkyl halides is 3. The van der Waals surface area contributed by atoms with Crippen molar-refractivity contribution in [3.8, 4) is 16.9 Å². The molecule has 1 aliphatic heterocycles. The van der Waals surface area contributed by atoms with Crippen LogP contribution in [-0.2, 0) is 24.6 Å². The number of nitrogens with one attached hydrogen (secondary N) is 2. The Labute approximate surface area is 240 Å². The van der Waals surface area contributed by atoms with Crippen molar-refractivity contribution in [2.45, 2.75) is 39.4 Å². The first-order chi connectivity index (χ1) is 20.0. The van der Waals surface area contributed by atoms with Crippen LogP contribution >= 0.6 is 0 Å². The number of hydrogen-bond acceptors (Lipinski definition) is 6. The van der Waals surface area contributed by atoms with Crippen LogP contribution in [0.2, 0.25) is 0 Å². The number of amides is 2. The highest BCUT2D eigenvalue weighted by Gasteiger charge is 2.33. The molecule has 10 nitrogen and oxygen atoms in total. The third-order valence-electron chi connectivity index (χ3n) is 7.44. The van der Waals surface area contributed by atoms with Crippen LogP contribution in [0.5, 0.6) is 0 Å². The second kappa shape index (κ2) is 11.8. The molecule has 0 spiro atoms. The highest BCUT2D eigenvalue weighted by molar-refractivity contribution is 6.04. The molecule has 1 fully saturated rings. The van der Waals surface area contributed by atoms with Crippen molar-refractivity contribution in [1.29, 1.82) is 0 Å². The molecule has 2 N–H and O–H groups in total. The summed E-state index contributed by atoms with van der Waals surface area (Å²) in [6, 6.07) is 8.70. The Balaban J connectivity index is 1.29. The van der Waals surface area contributed by atoms with E-state index in [2.05, 4.69) is 26.0 Å². The van der Waals surface area contributed by atoms with Gasteiger partial charge in [-0.3, -0.25) is 14.3 Å². The molecule has 1 aliphatic rings. The Morgan fingerprint density at radius 3 is 2.62 bits per heavy atom. The average molecular weight is 581 g/mol. The van der Waals surface area contributed by atoms with Gasteiger partial charge in [-0.1, -0.05) is 17.3 Å². The molecule has 1 saturated heterocycles. The molecule has 0 unspecified atom stereocenters. The third-order valence-corrected chi connectivity index (χ3v) is 7.44. The molecule has 5 rings (SSSR count). The molecule has 0 bridgehead atoms. The number of likely N-dealkylation sites (tertiary alicyclic amines) is 1. The van der Waals surface area contributed by atoms with Gasteiger partial charge in [-0.15, -0.1) is 5.10 Å².